The molecule has 18 heavy (non-hydrogen) atoms. The first kappa shape index (κ1) is 12.6. The van der Waals surface area contributed by atoms with Crippen LogP contribution in [-0.2, 0) is 6.42 Å². The molecule has 0 unspecified atom stereocenters. The van der Waals surface area contributed by atoms with Gasteiger partial charge in [-0.3, -0.25) is 4.57 Å². The molecule has 0 fully saturated rings. The number of carboxylic acids is 1. The Kier molecular flexibility index (Phi) is 3.62. The normalized spacial score (nSPS) is 10.6. The molecule has 0 saturated heterocycles. The molecule has 0 bridgehead atoms. The second kappa shape index (κ2) is 5.18. The highest BCUT2D eigenvalue weighted by Crippen LogP contribution is 2.18. The molecule has 94 valence electrons. The lowest BCUT2D eigenvalue weighted by Gasteiger charge is -2.07. The van der Waals surface area contributed by atoms with Crippen molar-refractivity contribution in [3.8, 4) is 5.82 Å². The fourth-order valence-corrected chi connectivity index (χ4v) is 1.86. The van der Waals surface area contributed by atoms with Gasteiger partial charge in [-0.2, -0.15) is 0 Å². The molecule has 0 aliphatic heterocycles. The molecule has 0 aliphatic rings. The number of aromatic nitrogens is 3. The zero-order chi connectivity index (χ0) is 13.1. The van der Waals surface area contributed by atoms with E-state index in [4.69, 9.17) is 16.7 Å². The first-order chi connectivity index (χ1) is 8.63. The summed E-state index contributed by atoms with van der Waals surface area (Å²) in [6, 6.07) is 1.45. The Morgan fingerprint density at radius 3 is 2.94 bits per heavy atom. The molecule has 0 aromatic carbocycles. The van der Waals surface area contributed by atoms with Gasteiger partial charge in [-0.25, -0.2) is 14.8 Å². The summed E-state index contributed by atoms with van der Waals surface area (Å²) in [6.45, 7) is 2.05. The Labute approximate surface area is 109 Å². The van der Waals surface area contributed by atoms with E-state index in [2.05, 4.69) is 16.9 Å². The average Bonchev–Trinajstić information content (AvgIpc) is 2.78. The van der Waals surface area contributed by atoms with Gasteiger partial charge in [-0.15, -0.1) is 0 Å². The van der Waals surface area contributed by atoms with Crippen molar-refractivity contribution in [2.45, 2.75) is 19.8 Å². The molecular weight excluding hydrogens is 254 g/mol. The van der Waals surface area contributed by atoms with Gasteiger partial charge in [0.2, 0.25) is 0 Å². The van der Waals surface area contributed by atoms with Gasteiger partial charge in [0, 0.05) is 25.0 Å². The van der Waals surface area contributed by atoms with E-state index in [-0.39, 0.29) is 10.6 Å². The zero-order valence-corrected chi connectivity index (χ0v) is 10.6. The number of carbonyl (C=O) groups is 1. The third-order valence-corrected chi connectivity index (χ3v) is 2.81. The maximum absolute atomic E-state index is 11.0. The van der Waals surface area contributed by atoms with Crippen molar-refractivity contribution in [1.82, 2.24) is 14.5 Å². The molecule has 0 spiro atoms. The number of aromatic carboxylic acids is 1. The van der Waals surface area contributed by atoms with Crippen molar-refractivity contribution in [3.05, 3.63) is 41.1 Å². The molecule has 0 atom stereocenters. The van der Waals surface area contributed by atoms with Gasteiger partial charge in [0.1, 0.15) is 11.6 Å². The summed E-state index contributed by atoms with van der Waals surface area (Å²) < 4.78 is 1.77. The van der Waals surface area contributed by atoms with Crippen LogP contribution in [0, 0.1) is 0 Å². The Bertz CT molecular complexity index is 580. The SMILES string of the molecule is CCCc1nccn1-c1cc(C(=O)O)c(Cl)cn1. The molecule has 0 saturated carbocycles. The van der Waals surface area contributed by atoms with Crippen LogP contribution in [0.5, 0.6) is 0 Å². The lowest BCUT2D eigenvalue weighted by Crippen LogP contribution is -2.06. The maximum Gasteiger partial charge on any atom is 0.337 e. The number of aryl methyl sites for hydroxylation is 1. The summed E-state index contributed by atoms with van der Waals surface area (Å²) in [5.41, 5.74) is 0.0396. The van der Waals surface area contributed by atoms with Crippen LogP contribution in [0.2, 0.25) is 5.02 Å². The third kappa shape index (κ3) is 2.36. The highest BCUT2D eigenvalue weighted by molar-refractivity contribution is 6.33. The molecule has 2 rings (SSSR count). The Hall–Kier alpha value is -1.88. The molecule has 0 aliphatic carbocycles. The average molecular weight is 266 g/mol. The summed E-state index contributed by atoms with van der Waals surface area (Å²) in [7, 11) is 0. The molecule has 2 heterocycles. The van der Waals surface area contributed by atoms with E-state index in [1.165, 1.54) is 12.3 Å². The number of nitrogens with zero attached hydrogens (tertiary/aromatic N) is 3. The number of carboxylic acid groups (broad SMARTS) is 1. The summed E-state index contributed by atoms with van der Waals surface area (Å²) in [6.07, 6.45) is 6.53. The third-order valence-electron chi connectivity index (χ3n) is 2.51. The van der Waals surface area contributed by atoms with Crippen molar-refractivity contribution in [2.24, 2.45) is 0 Å². The summed E-state index contributed by atoms with van der Waals surface area (Å²) in [5.74, 6) is 0.294. The van der Waals surface area contributed by atoms with Crippen molar-refractivity contribution in [3.63, 3.8) is 0 Å². The van der Waals surface area contributed by atoms with Crippen LogP contribution < -0.4 is 0 Å². The highest BCUT2D eigenvalue weighted by atomic mass is 35.5. The molecule has 6 heteroatoms. The Morgan fingerprint density at radius 1 is 1.50 bits per heavy atom. The van der Waals surface area contributed by atoms with Gasteiger partial charge in [0.25, 0.3) is 0 Å². The van der Waals surface area contributed by atoms with Crippen LogP contribution in [0.25, 0.3) is 5.82 Å². The van der Waals surface area contributed by atoms with Crippen LogP contribution in [0.3, 0.4) is 0 Å². The fraction of sp³-hybridized carbons (Fsp3) is 0.250. The van der Waals surface area contributed by atoms with E-state index in [0.29, 0.717) is 5.82 Å². The van der Waals surface area contributed by atoms with Crippen molar-refractivity contribution >= 4 is 17.6 Å². The predicted molar refractivity (Wildman–Crippen MR) is 67.3 cm³/mol. The van der Waals surface area contributed by atoms with E-state index in [0.717, 1.165) is 18.7 Å². The van der Waals surface area contributed by atoms with Crippen molar-refractivity contribution in [1.29, 1.82) is 0 Å². The minimum Gasteiger partial charge on any atom is -0.478 e. The van der Waals surface area contributed by atoms with E-state index in [9.17, 15) is 4.79 Å². The molecule has 0 amide bonds. The lowest BCUT2D eigenvalue weighted by atomic mass is 10.2. The zero-order valence-electron chi connectivity index (χ0n) is 9.80. The van der Waals surface area contributed by atoms with Gasteiger partial charge >= 0.3 is 5.97 Å². The Morgan fingerprint density at radius 2 is 2.28 bits per heavy atom. The van der Waals surface area contributed by atoms with Gasteiger partial charge < -0.3 is 5.11 Å². The highest BCUT2D eigenvalue weighted by Gasteiger charge is 2.12. The number of hydrogen-bond donors (Lipinski definition) is 1. The van der Waals surface area contributed by atoms with Crippen LogP contribution in [0.1, 0.15) is 29.5 Å². The van der Waals surface area contributed by atoms with Crippen molar-refractivity contribution < 1.29 is 9.90 Å². The minimum atomic E-state index is -1.07. The first-order valence-corrected chi connectivity index (χ1v) is 5.92. The monoisotopic (exact) mass is 265 g/mol. The second-order valence-corrected chi connectivity index (χ2v) is 4.20. The van der Waals surface area contributed by atoms with Crippen LogP contribution in [0.4, 0.5) is 0 Å². The molecule has 2 aromatic heterocycles. The van der Waals surface area contributed by atoms with E-state index in [1.807, 2.05) is 0 Å². The van der Waals surface area contributed by atoms with Crippen LogP contribution in [0.15, 0.2) is 24.7 Å². The van der Waals surface area contributed by atoms with Gasteiger partial charge in [0.15, 0.2) is 0 Å². The second-order valence-electron chi connectivity index (χ2n) is 3.79. The summed E-state index contributed by atoms with van der Waals surface area (Å²) in [4.78, 5) is 19.4. The van der Waals surface area contributed by atoms with Gasteiger partial charge in [-0.05, 0) is 12.5 Å². The molecule has 5 nitrogen and oxygen atoms in total. The number of hydrogen-bond acceptors (Lipinski definition) is 3. The summed E-state index contributed by atoms with van der Waals surface area (Å²) in [5, 5.41) is 9.15. The van der Waals surface area contributed by atoms with E-state index in [1.54, 1.807) is 17.0 Å². The standard InChI is InChI=1S/C12H12ClN3O2/c1-2-3-10-14-4-5-16(10)11-6-8(12(17)18)9(13)7-15-11/h4-7H,2-3H2,1H3,(H,17,18). The first-order valence-electron chi connectivity index (χ1n) is 5.55. The maximum atomic E-state index is 11.0. The van der Waals surface area contributed by atoms with Gasteiger partial charge in [-0.1, -0.05) is 18.5 Å². The number of rotatable bonds is 4. The van der Waals surface area contributed by atoms with Crippen molar-refractivity contribution in [2.75, 3.05) is 0 Å². The van der Waals surface area contributed by atoms with Crippen LogP contribution in [-0.4, -0.2) is 25.6 Å². The number of pyridine rings is 1. The Balaban J connectivity index is 2.47. The topological polar surface area (TPSA) is 68.0 Å². The summed E-state index contributed by atoms with van der Waals surface area (Å²) >= 11 is 5.79. The molecule has 2 aromatic rings. The van der Waals surface area contributed by atoms with Crippen LogP contribution >= 0.6 is 11.6 Å². The van der Waals surface area contributed by atoms with E-state index >= 15 is 0 Å². The van der Waals surface area contributed by atoms with E-state index < -0.39 is 5.97 Å². The largest absolute Gasteiger partial charge is 0.478 e. The smallest absolute Gasteiger partial charge is 0.337 e. The predicted octanol–water partition coefficient (Wildman–Crippen LogP) is 2.57. The molecule has 1 N–H and O–H groups in total. The molecular formula is C12H12ClN3O2. The fourth-order valence-electron chi connectivity index (χ4n) is 1.67. The number of imidazole rings is 1. The lowest BCUT2D eigenvalue weighted by molar-refractivity contribution is 0.0697. The quantitative estimate of drug-likeness (QED) is 0.922. The number of halogens is 1. The molecule has 0 radical (unpaired) electrons. The van der Waals surface area contributed by atoms with Gasteiger partial charge in [0.05, 0.1) is 10.6 Å². The minimum absolute atomic E-state index is 0.0396.